The van der Waals surface area contributed by atoms with Crippen LogP contribution in [0, 0.1) is 3.57 Å². The van der Waals surface area contributed by atoms with Gasteiger partial charge in [0.25, 0.3) is 5.91 Å². The number of ketones is 1. The number of anilines is 1. The molecule has 0 radical (unpaired) electrons. The number of rotatable bonds is 5. The fourth-order valence-electron chi connectivity index (χ4n) is 1.84. The van der Waals surface area contributed by atoms with E-state index in [-0.39, 0.29) is 11.7 Å². The van der Waals surface area contributed by atoms with Gasteiger partial charge in [-0.05, 0) is 60.7 Å². The van der Waals surface area contributed by atoms with Crippen molar-refractivity contribution >= 4 is 40.0 Å². The van der Waals surface area contributed by atoms with Crippen LogP contribution in [0.2, 0.25) is 0 Å². The molecule has 5 heteroatoms. The number of halogens is 1. The average molecular weight is 409 g/mol. The fraction of sp³-hybridized carbons (Fsp3) is 0.176. The summed E-state index contributed by atoms with van der Waals surface area (Å²) < 4.78 is 6.57. The number of ether oxygens (including phenoxy) is 1. The molecule has 0 saturated heterocycles. The van der Waals surface area contributed by atoms with E-state index in [9.17, 15) is 9.59 Å². The van der Waals surface area contributed by atoms with Crippen molar-refractivity contribution in [3.8, 4) is 5.75 Å². The van der Waals surface area contributed by atoms with E-state index in [4.69, 9.17) is 4.74 Å². The van der Waals surface area contributed by atoms with Gasteiger partial charge in [-0.15, -0.1) is 0 Å². The monoisotopic (exact) mass is 409 g/mol. The molecule has 0 aliphatic carbocycles. The van der Waals surface area contributed by atoms with E-state index < -0.39 is 6.10 Å². The van der Waals surface area contributed by atoms with Crippen molar-refractivity contribution < 1.29 is 14.3 Å². The molecule has 0 aromatic heterocycles. The van der Waals surface area contributed by atoms with Crippen molar-refractivity contribution in [2.45, 2.75) is 20.0 Å². The molecule has 0 spiro atoms. The first-order valence-corrected chi connectivity index (χ1v) is 7.88. The Labute approximate surface area is 143 Å². The van der Waals surface area contributed by atoms with E-state index in [1.807, 2.05) is 24.3 Å². The molecule has 0 unspecified atom stereocenters. The second kappa shape index (κ2) is 7.40. The molecule has 0 aliphatic heterocycles. The number of nitrogens with one attached hydrogen (secondary N) is 1. The molecule has 2 rings (SSSR count). The molecule has 114 valence electrons. The van der Waals surface area contributed by atoms with Crippen LogP contribution < -0.4 is 10.1 Å². The Hall–Kier alpha value is -1.89. The first kappa shape index (κ1) is 16.5. The number of hydrogen-bond acceptors (Lipinski definition) is 3. The number of carbonyl (C=O) groups excluding carboxylic acids is 2. The zero-order valence-electron chi connectivity index (χ0n) is 12.3. The van der Waals surface area contributed by atoms with Crippen LogP contribution >= 0.6 is 22.6 Å². The summed E-state index contributed by atoms with van der Waals surface area (Å²) in [6, 6.07) is 14.3. The van der Waals surface area contributed by atoms with E-state index in [1.165, 1.54) is 6.92 Å². The number of Topliss-reactive ketones (excluding diaryl/α,β-unsaturated/α-hetero) is 1. The predicted molar refractivity (Wildman–Crippen MR) is 94.3 cm³/mol. The fourth-order valence-corrected chi connectivity index (χ4v) is 2.37. The van der Waals surface area contributed by atoms with E-state index in [1.54, 1.807) is 31.2 Å². The summed E-state index contributed by atoms with van der Waals surface area (Å²) in [5.41, 5.74) is 1.31. The molecule has 2 aromatic carbocycles. The van der Waals surface area contributed by atoms with Gasteiger partial charge in [0, 0.05) is 9.13 Å². The Morgan fingerprint density at radius 1 is 1.14 bits per heavy atom. The Bertz CT molecular complexity index is 700. The lowest BCUT2D eigenvalue weighted by molar-refractivity contribution is -0.122. The maximum Gasteiger partial charge on any atom is 0.265 e. The van der Waals surface area contributed by atoms with Crippen molar-refractivity contribution in [2.24, 2.45) is 0 Å². The molecule has 2 aromatic rings. The summed E-state index contributed by atoms with van der Waals surface area (Å²) >= 11 is 2.16. The van der Waals surface area contributed by atoms with Crippen molar-refractivity contribution in [1.29, 1.82) is 0 Å². The van der Waals surface area contributed by atoms with Crippen LogP contribution in [0.5, 0.6) is 5.75 Å². The zero-order chi connectivity index (χ0) is 16.1. The van der Waals surface area contributed by atoms with Gasteiger partial charge in [0.15, 0.2) is 11.9 Å². The third-order valence-electron chi connectivity index (χ3n) is 3.05. The Balaban J connectivity index is 2.04. The Morgan fingerprint density at radius 3 is 2.55 bits per heavy atom. The minimum atomic E-state index is -0.668. The van der Waals surface area contributed by atoms with E-state index in [0.29, 0.717) is 11.3 Å². The van der Waals surface area contributed by atoms with Gasteiger partial charge in [-0.1, -0.05) is 24.3 Å². The largest absolute Gasteiger partial charge is 0.481 e. The second-order valence-corrected chi connectivity index (χ2v) is 5.98. The van der Waals surface area contributed by atoms with Crippen molar-refractivity contribution in [1.82, 2.24) is 0 Å². The van der Waals surface area contributed by atoms with Crippen molar-refractivity contribution in [3.05, 3.63) is 57.7 Å². The third kappa shape index (κ3) is 4.30. The number of para-hydroxylation sites is 1. The van der Waals surface area contributed by atoms with E-state index in [0.717, 1.165) is 9.26 Å². The minimum absolute atomic E-state index is 0.0404. The smallest absolute Gasteiger partial charge is 0.265 e. The van der Waals surface area contributed by atoms with Crippen molar-refractivity contribution in [2.75, 3.05) is 5.32 Å². The molecule has 1 amide bonds. The molecule has 0 aliphatic rings. The van der Waals surface area contributed by atoms with Gasteiger partial charge < -0.3 is 10.1 Å². The van der Waals surface area contributed by atoms with Gasteiger partial charge in [-0.2, -0.15) is 0 Å². The Kier molecular flexibility index (Phi) is 5.54. The summed E-state index contributed by atoms with van der Waals surface area (Å²) in [6.45, 7) is 3.16. The molecule has 0 bridgehead atoms. The second-order valence-electron chi connectivity index (χ2n) is 4.81. The van der Waals surface area contributed by atoms with E-state index in [2.05, 4.69) is 27.9 Å². The molecule has 0 fully saturated rings. The summed E-state index contributed by atoms with van der Waals surface area (Å²) in [7, 11) is 0. The van der Waals surface area contributed by atoms with Gasteiger partial charge in [0.1, 0.15) is 5.75 Å². The lowest BCUT2D eigenvalue weighted by atomic mass is 10.1. The lowest BCUT2D eigenvalue weighted by Crippen LogP contribution is -2.30. The maximum absolute atomic E-state index is 12.2. The van der Waals surface area contributed by atoms with Crippen LogP contribution in [0.3, 0.4) is 0 Å². The molecule has 1 N–H and O–H groups in total. The lowest BCUT2D eigenvalue weighted by Gasteiger charge is -2.15. The quantitative estimate of drug-likeness (QED) is 0.602. The third-order valence-corrected chi connectivity index (χ3v) is 4.00. The van der Waals surface area contributed by atoms with Crippen LogP contribution in [0.15, 0.2) is 48.5 Å². The highest BCUT2D eigenvalue weighted by Gasteiger charge is 2.16. The molecular weight excluding hydrogens is 393 g/mol. The Morgan fingerprint density at radius 2 is 1.86 bits per heavy atom. The van der Waals surface area contributed by atoms with Gasteiger partial charge >= 0.3 is 0 Å². The summed E-state index contributed by atoms with van der Waals surface area (Å²) in [5, 5.41) is 2.83. The molecule has 0 heterocycles. The minimum Gasteiger partial charge on any atom is -0.481 e. The van der Waals surface area contributed by atoms with Crippen LogP contribution in [0.25, 0.3) is 0 Å². The molecule has 22 heavy (non-hydrogen) atoms. The average Bonchev–Trinajstić information content (AvgIpc) is 2.49. The normalized spacial score (nSPS) is 11.6. The first-order valence-electron chi connectivity index (χ1n) is 6.80. The highest BCUT2D eigenvalue weighted by atomic mass is 127. The standard InChI is InChI=1S/C17H16INO3/c1-11(20)13-6-5-7-14(10-13)22-12(2)17(21)19-16-9-4-3-8-15(16)18/h3-10,12H,1-2H3,(H,19,21)/t12-/m1/s1. The summed E-state index contributed by atoms with van der Waals surface area (Å²) in [5.74, 6) is 0.219. The summed E-state index contributed by atoms with van der Waals surface area (Å²) in [6.07, 6.45) is -0.668. The van der Waals surface area contributed by atoms with Crippen LogP contribution in [-0.4, -0.2) is 17.8 Å². The van der Waals surface area contributed by atoms with E-state index >= 15 is 0 Å². The topological polar surface area (TPSA) is 55.4 Å². The van der Waals surface area contributed by atoms with Gasteiger partial charge in [0.05, 0.1) is 5.69 Å². The van der Waals surface area contributed by atoms with Gasteiger partial charge in [-0.25, -0.2) is 0 Å². The molecule has 0 saturated carbocycles. The predicted octanol–water partition coefficient (Wildman–Crippen LogP) is 3.90. The number of benzene rings is 2. The van der Waals surface area contributed by atoms with Crippen LogP contribution in [0.1, 0.15) is 24.2 Å². The number of amides is 1. The zero-order valence-corrected chi connectivity index (χ0v) is 14.5. The SMILES string of the molecule is CC(=O)c1cccc(O[C@H](C)C(=O)Nc2ccccc2I)c1. The molecular formula is C17H16INO3. The number of hydrogen-bond donors (Lipinski definition) is 1. The molecule has 1 atom stereocenters. The highest BCUT2D eigenvalue weighted by Crippen LogP contribution is 2.19. The van der Waals surface area contributed by atoms with Gasteiger partial charge in [-0.3, -0.25) is 9.59 Å². The van der Waals surface area contributed by atoms with Crippen molar-refractivity contribution in [3.63, 3.8) is 0 Å². The summed E-state index contributed by atoms with van der Waals surface area (Å²) in [4.78, 5) is 23.5. The van der Waals surface area contributed by atoms with Crippen LogP contribution in [-0.2, 0) is 4.79 Å². The van der Waals surface area contributed by atoms with Gasteiger partial charge in [0.2, 0.25) is 0 Å². The highest BCUT2D eigenvalue weighted by molar-refractivity contribution is 14.1. The molecule has 4 nitrogen and oxygen atoms in total. The van der Waals surface area contributed by atoms with Crippen LogP contribution in [0.4, 0.5) is 5.69 Å². The first-order chi connectivity index (χ1) is 10.5. The maximum atomic E-state index is 12.2. The number of carbonyl (C=O) groups is 2.